The first-order chi connectivity index (χ1) is 8.95. The number of carboxylic acid groups (broad SMARTS) is 1. The lowest BCUT2D eigenvalue weighted by Crippen LogP contribution is -2.38. The van der Waals surface area contributed by atoms with Gasteiger partial charge in [0.25, 0.3) is 5.91 Å². The van der Waals surface area contributed by atoms with Crippen LogP contribution < -0.4 is 4.74 Å². The predicted octanol–water partition coefficient (Wildman–Crippen LogP) is 1.27. The van der Waals surface area contributed by atoms with E-state index in [1.54, 1.807) is 12.1 Å². The lowest BCUT2D eigenvalue weighted by atomic mass is 10.1. The van der Waals surface area contributed by atoms with Crippen LogP contribution in [-0.4, -0.2) is 47.1 Å². The third kappa shape index (κ3) is 4.24. The summed E-state index contributed by atoms with van der Waals surface area (Å²) in [6.07, 6.45) is 1.51. The van der Waals surface area contributed by atoms with Crippen LogP contribution in [0.15, 0.2) is 18.3 Å². The van der Waals surface area contributed by atoms with Crippen molar-refractivity contribution in [2.45, 2.75) is 13.8 Å². The van der Waals surface area contributed by atoms with Gasteiger partial charge in [-0.15, -0.1) is 0 Å². The van der Waals surface area contributed by atoms with Crippen LogP contribution in [0.4, 0.5) is 0 Å². The van der Waals surface area contributed by atoms with Gasteiger partial charge in [0.15, 0.2) is 0 Å². The van der Waals surface area contributed by atoms with Crippen LogP contribution in [0.3, 0.4) is 0 Å². The molecule has 0 aromatic carbocycles. The quantitative estimate of drug-likeness (QED) is 0.838. The molecule has 0 aliphatic carbocycles. The van der Waals surface area contributed by atoms with Crippen LogP contribution in [0.25, 0.3) is 0 Å². The van der Waals surface area contributed by atoms with Gasteiger partial charge >= 0.3 is 5.97 Å². The molecule has 0 aliphatic rings. The molecule has 1 aromatic heterocycles. The molecule has 0 saturated heterocycles. The molecule has 0 radical (unpaired) electrons. The smallest absolute Gasteiger partial charge is 0.323 e. The molecule has 0 atom stereocenters. The fraction of sp³-hybridized carbons (Fsp3) is 0.462. The molecule has 1 N–H and O–H groups in total. The minimum Gasteiger partial charge on any atom is -0.480 e. The maximum Gasteiger partial charge on any atom is 0.323 e. The fourth-order valence-corrected chi connectivity index (χ4v) is 1.71. The highest BCUT2D eigenvalue weighted by Crippen LogP contribution is 2.16. The molecule has 1 aromatic rings. The summed E-state index contributed by atoms with van der Waals surface area (Å²) in [7, 11) is 1.42. The highest BCUT2D eigenvalue weighted by Gasteiger charge is 2.22. The third-order valence-electron chi connectivity index (χ3n) is 2.39. The summed E-state index contributed by atoms with van der Waals surface area (Å²) < 4.78 is 5.02. The van der Waals surface area contributed by atoms with Crippen molar-refractivity contribution in [2.75, 3.05) is 20.2 Å². The normalized spacial score (nSPS) is 10.3. The zero-order valence-electron chi connectivity index (χ0n) is 11.3. The van der Waals surface area contributed by atoms with Gasteiger partial charge in [0.2, 0.25) is 5.88 Å². The van der Waals surface area contributed by atoms with Crippen LogP contribution in [0.2, 0.25) is 0 Å². The average Bonchev–Trinajstić information content (AvgIpc) is 2.36. The number of hydrogen-bond acceptors (Lipinski definition) is 4. The van der Waals surface area contributed by atoms with Crippen LogP contribution in [0, 0.1) is 5.92 Å². The molecule has 0 spiro atoms. The van der Waals surface area contributed by atoms with Crippen molar-refractivity contribution in [2.24, 2.45) is 5.92 Å². The minimum absolute atomic E-state index is 0.172. The summed E-state index contributed by atoms with van der Waals surface area (Å²) in [5, 5.41) is 8.88. The second-order valence-electron chi connectivity index (χ2n) is 4.53. The molecular formula is C13H18N2O4. The Morgan fingerprint density at radius 3 is 2.68 bits per heavy atom. The van der Waals surface area contributed by atoms with Crippen LogP contribution in [0.1, 0.15) is 24.2 Å². The van der Waals surface area contributed by atoms with Gasteiger partial charge < -0.3 is 14.7 Å². The number of nitrogens with zero attached hydrogens (tertiary/aromatic N) is 2. The largest absolute Gasteiger partial charge is 0.480 e. The van der Waals surface area contributed by atoms with Crippen LogP contribution >= 0.6 is 0 Å². The van der Waals surface area contributed by atoms with E-state index in [4.69, 9.17) is 9.84 Å². The summed E-state index contributed by atoms with van der Waals surface area (Å²) >= 11 is 0. The van der Waals surface area contributed by atoms with E-state index in [0.29, 0.717) is 6.54 Å². The number of carbonyl (C=O) groups excluding carboxylic acids is 1. The highest BCUT2D eigenvalue weighted by molar-refractivity contribution is 5.97. The maximum atomic E-state index is 12.3. The number of methoxy groups -OCH3 is 1. The first kappa shape index (κ1) is 14.9. The van der Waals surface area contributed by atoms with E-state index in [1.807, 2.05) is 13.8 Å². The van der Waals surface area contributed by atoms with Gasteiger partial charge in [-0.05, 0) is 18.1 Å². The van der Waals surface area contributed by atoms with Gasteiger partial charge in [-0.3, -0.25) is 9.59 Å². The first-order valence-electron chi connectivity index (χ1n) is 5.95. The minimum atomic E-state index is -1.04. The molecule has 0 fully saturated rings. The summed E-state index contributed by atoms with van der Waals surface area (Å²) in [6.45, 7) is 3.86. The van der Waals surface area contributed by atoms with Gasteiger partial charge in [-0.2, -0.15) is 0 Å². The second-order valence-corrected chi connectivity index (χ2v) is 4.53. The van der Waals surface area contributed by atoms with Crippen molar-refractivity contribution in [1.82, 2.24) is 9.88 Å². The molecule has 0 bridgehead atoms. The molecule has 0 aliphatic heterocycles. The Kier molecular flexibility index (Phi) is 5.29. The zero-order valence-corrected chi connectivity index (χ0v) is 11.3. The van der Waals surface area contributed by atoms with Crippen LogP contribution in [0.5, 0.6) is 5.88 Å². The Bertz CT molecular complexity index is 460. The number of pyridine rings is 1. The van der Waals surface area contributed by atoms with Gasteiger partial charge in [0.05, 0.1) is 7.11 Å². The summed E-state index contributed by atoms with van der Waals surface area (Å²) in [4.78, 5) is 28.4. The number of hydrogen-bond donors (Lipinski definition) is 1. The summed E-state index contributed by atoms with van der Waals surface area (Å²) in [5.41, 5.74) is 0.270. The molecule has 1 heterocycles. The lowest BCUT2D eigenvalue weighted by Gasteiger charge is -2.23. The van der Waals surface area contributed by atoms with Crippen molar-refractivity contribution in [1.29, 1.82) is 0 Å². The fourth-order valence-electron chi connectivity index (χ4n) is 1.71. The second kappa shape index (κ2) is 6.72. The van der Waals surface area contributed by atoms with Gasteiger partial charge in [-0.1, -0.05) is 13.8 Å². The van der Waals surface area contributed by atoms with Crippen molar-refractivity contribution in [3.8, 4) is 5.88 Å². The summed E-state index contributed by atoms with van der Waals surface area (Å²) in [5.74, 6) is -1.06. The van der Waals surface area contributed by atoms with Gasteiger partial charge in [0, 0.05) is 12.7 Å². The van der Waals surface area contributed by atoms with Crippen LogP contribution in [-0.2, 0) is 4.79 Å². The Morgan fingerprint density at radius 2 is 2.16 bits per heavy atom. The Balaban J connectivity index is 3.00. The zero-order chi connectivity index (χ0) is 14.4. The van der Waals surface area contributed by atoms with Crippen molar-refractivity contribution in [3.05, 3.63) is 23.9 Å². The Hall–Kier alpha value is -2.11. The molecule has 19 heavy (non-hydrogen) atoms. The predicted molar refractivity (Wildman–Crippen MR) is 69.2 cm³/mol. The van der Waals surface area contributed by atoms with Crippen molar-refractivity contribution < 1.29 is 19.4 Å². The molecule has 0 saturated carbocycles. The number of amides is 1. The molecular weight excluding hydrogens is 248 g/mol. The third-order valence-corrected chi connectivity index (χ3v) is 2.39. The number of aromatic nitrogens is 1. The lowest BCUT2D eigenvalue weighted by molar-refractivity contribution is -0.137. The van der Waals surface area contributed by atoms with Crippen molar-refractivity contribution in [3.63, 3.8) is 0 Å². The molecule has 104 valence electrons. The molecule has 1 amide bonds. The van der Waals surface area contributed by atoms with E-state index in [-0.39, 0.29) is 29.8 Å². The Morgan fingerprint density at radius 1 is 1.47 bits per heavy atom. The van der Waals surface area contributed by atoms with E-state index in [9.17, 15) is 9.59 Å². The van der Waals surface area contributed by atoms with E-state index >= 15 is 0 Å². The Labute approximate surface area is 112 Å². The topological polar surface area (TPSA) is 79.7 Å². The van der Waals surface area contributed by atoms with E-state index in [0.717, 1.165) is 0 Å². The maximum absolute atomic E-state index is 12.3. The standard InChI is InChI=1S/C13H18N2O4/c1-9(2)7-15(8-11(16)17)13(18)10-5-4-6-14-12(10)19-3/h4-6,9H,7-8H2,1-3H3,(H,16,17). The molecule has 6 nitrogen and oxygen atoms in total. The molecule has 1 rings (SSSR count). The number of ether oxygens (including phenoxy) is 1. The van der Waals surface area contributed by atoms with E-state index in [1.165, 1.54) is 18.2 Å². The molecule has 6 heteroatoms. The van der Waals surface area contributed by atoms with E-state index < -0.39 is 5.97 Å². The number of rotatable bonds is 6. The summed E-state index contributed by atoms with van der Waals surface area (Å²) in [6, 6.07) is 3.19. The van der Waals surface area contributed by atoms with Crippen molar-refractivity contribution >= 4 is 11.9 Å². The number of aliphatic carboxylic acids is 1. The van der Waals surface area contributed by atoms with Gasteiger partial charge in [0.1, 0.15) is 12.1 Å². The monoisotopic (exact) mass is 266 g/mol. The highest BCUT2D eigenvalue weighted by atomic mass is 16.5. The average molecular weight is 266 g/mol. The van der Waals surface area contributed by atoms with E-state index in [2.05, 4.69) is 4.98 Å². The molecule has 0 unspecified atom stereocenters. The van der Waals surface area contributed by atoms with Gasteiger partial charge in [-0.25, -0.2) is 4.98 Å². The number of carbonyl (C=O) groups is 2. The number of carboxylic acids is 1. The SMILES string of the molecule is COc1ncccc1C(=O)N(CC(=O)O)CC(C)C. The first-order valence-corrected chi connectivity index (χ1v) is 5.95.